The maximum absolute atomic E-state index is 5.63. The van der Waals surface area contributed by atoms with Gasteiger partial charge in [0.2, 0.25) is 0 Å². The molecule has 0 saturated carbocycles. The Morgan fingerprint density at radius 3 is 2.94 bits per heavy atom. The number of nitrogens with two attached hydrogens (primary N) is 1. The summed E-state index contributed by atoms with van der Waals surface area (Å²) in [6.07, 6.45) is 3.54. The standard InChI is InChI=1S/C10H17N5.HI/c1-4-5-12-10(11)13-6-9-7-14-15(3)8(9)2;/h4,7H,1,5-6H2,2-3H3,(H3,11,12,13);1H. The van der Waals surface area contributed by atoms with Crippen LogP contribution in [0.5, 0.6) is 0 Å². The Morgan fingerprint density at radius 2 is 2.44 bits per heavy atom. The van der Waals surface area contributed by atoms with Gasteiger partial charge in [0, 0.05) is 24.8 Å². The topological polar surface area (TPSA) is 68.2 Å². The monoisotopic (exact) mass is 335 g/mol. The van der Waals surface area contributed by atoms with E-state index in [2.05, 4.69) is 22.0 Å². The normalized spacial score (nSPS) is 10.8. The third-order valence-electron chi connectivity index (χ3n) is 2.18. The summed E-state index contributed by atoms with van der Waals surface area (Å²) in [5.41, 5.74) is 7.82. The summed E-state index contributed by atoms with van der Waals surface area (Å²) in [7, 11) is 1.90. The molecule has 1 heterocycles. The van der Waals surface area contributed by atoms with Crippen LogP contribution < -0.4 is 11.1 Å². The van der Waals surface area contributed by atoms with Crippen molar-refractivity contribution >= 4 is 29.9 Å². The molecule has 0 atom stereocenters. The van der Waals surface area contributed by atoms with Gasteiger partial charge in [-0.2, -0.15) is 5.10 Å². The Hall–Kier alpha value is -1.05. The molecule has 1 aromatic heterocycles. The van der Waals surface area contributed by atoms with Crippen LogP contribution in [0.4, 0.5) is 0 Å². The first kappa shape index (κ1) is 14.9. The second-order valence-corrected chi connectivity index (χ2v) is 3.25. The zero-order chi connectivity index (χ0) is 11.3. The van der Waals surface area contributed by atoms with Gasteiger partial charge in [0.05, 0.1) is 12.7 Å². The van der Waals surface area contributed by atoms with E-state index in [1.807, 2.05) is 18.7 Å². The molecule has 0 aliphatic rings. The molecule has 0 unspecified atom stereocenters. The van der Waals surface area contributed by atoms with E-state index in [9.17, 15) is 0 Å². The fourth-order valence-corrected chi connectivity index (χ4v) is 1.10. The SMILES string of the molecule is C=CCNC(N)=NCc1cnn(C)c1C.I. The summed E-state index contributed by atoms with van der Waals surface area (Å²) < 4.78 is 1.82. The van der Waals surface area contributed by atoms with Crippen molar-refractivity contribution in [2.24, 2.45) is 17.8 Å². The van der Waals surface area contributed by atoms with Crippen molar-refractivity contribution in [3.05, 3.63) is 30.1 Å². The molecular formula is C10H18IN5. The van der Waals surface area contributed by atoms with E-state index in [0.717, 1.165) is 11.3 Å². The van der Waals surface area contributed by atoms with Gasteiger partial charge >= 0.3 is 0 Å². The number of aromatic nitrogens is 2. The zero-order valence-electron chi connectivity index (χ0n) is 9.60. The largest absolute Gasteiger partial charge is 0.370 e. The van der Waals surface area contributed by atoms with E-state index in [-0.39, 0.29) is 24.0 Å². The fraction of sp³-hybridized carbons (Fsp3) is 0.400. The molecule has 3 N–H and O–H groups in total. The lowest BCUT2D eigenvalue weighted by Gasteiger charge is -2.01. The first-order valence-electron chi connectivity index (χ1n) is 4.77. The number of hydrogen-bond acceptors (Lipinski definition) is 2. The van der Waals surface area contributed by atoms with E-state index < -0.39 is 0 Å². The van der Waals surface area contributed by atoms with Crippen molar-refractivity contribution in [2.75, 3.05) is 6.54 Å². The van der Waals surface area contributed by atoms with Crippen LogP contribution in [-0.4, -0.2) is 22.3 Å². The summed E-state index contributed by atoms with van der Waals surface area (Å²) in [5, 5.41) is 7.04. The second-order valence-electron chi connectivity index (χ2n) is 3.25. The van der Waals surface area contributed by atoms with Crippen LogP contribution in [0, 0.1) is 6.92 Å². The predicted molar refractivity (Wildman–Crippen MR) is 76.9 cm³/mol. The van der Waals surface area contributed by atoms with Gasteiger partial charge in [-0.25, -0.2) is 4.99 Å². The molecule has 0 bridgehead atoms. The van der Waals surface area contributed by atoms with Gasteiger partial charge in [0.25, 0.3) is 0 Å². The first-order valence-corrected chi connectivity index (χ1v) is 4.77. The number of nitrogens with one attached hydrogen (secondary N) is 1. The third-order valence-corrected chi connectivity index (χ3v) is 2.18. The molecule has 0 aliphatic heterocycles. The molecule has 1 aromatic rings. The van der Waals surface area contributed by atoms with Crippen LogP contribution >= 0.6 is 24.0 Å². The molecule has 0 spiro atoms. The minimum absolute atomic E-state index is 0. The summed E-state index contributed by atoms with van der Waals surface area (Å²) in [4.78, 5) is 4.19. The third kappa shape index (κ3) is 4.21. The maximum Gasteiger partial charge on any atom is 0.189 e. The molecule has 0 radical (unpaired) electrons. The lowest BCUT2D eigenvalue weighted by molar-refractivity contribution is 0.737. The maximum atomic E-state index is 5.63. The van der Waals surface area contributed by atoms with E-state index in [4.69, 9.17) is 5.73 Å². The highest BCUT2D eigenvalue weighted by molar-refractivity contribution is 14.0. The highest BCUT2D eigenvalue weighted by Crippen LogP contribution is 2.06. The lowest BCUT2D eigenvalue weighted by Crippen LogP contribution is -2.31. The highest BCUT2D eigenvalue weighted by atomic mass is 127. The summed E-state index contributed by atoms with van der Waals surface area (Å²) >= 11 is 0. The van der Waals surface area contributed by atoms with Crippen molar-refractivity contribution in [1.29, 1.82) is 0 Å². The highest BCUT2D eigenvalue weighted by Gasteiger charge is 2.01. The Kier molecular flexibility index (Phi) is 6.78. The summed E-state index contributed by atoms with van der Waals surface area (Å²) in [5.74, 6) is 0.429. The number of aliphatic imine (C=N–C) groups is 1. The van der Waals surface area contributed by atoms with Gasteiger partial charge in [-0.1, -0.05) is 6.08 Å². The number of aryl methyl sites for hydroxylation is 1. The van der Waals surface area contributed by atoms with Gasteiger partial charge in [0.15, 0.2) is 5.96 Å². The molecule has 0 aliphatic carbocycles. The Labute approximate surface area is 113 Å². The minimum atomic E-state index is 0. The molecule has 5 nitrogen and oxygen atoms in total. The van der Waals surface area contributed by atoms with Crippen LogP contribution in [0.15, 0.2) is 23.8 Å². The zero-order valence-corrected chi connectivity index (χ0v) is 11.9. The van der Waals surface area contributed by atoms with E-state index in [1.54, 1.807) is 12.3 Å². The molecule has 0 fully saturated rings. The first-order chi connectivity index (χ1) is 7.15. The molecule has 0 aromatic carbocycles. The molecular weight excluding hydrogens is 317 g/mol. The van der Waals surface area contributed by atoms with Gasteiger partial charge in [-0.15, -0.1) is 30.6 Å². The summed E-state index contributed by atoms with van der Waals surface area (Å²) in [6.45, 7) is 6.76. The van der Waals surface area contributed by atoms with Gasteiger partial charge < -0.3 is 11.1 Å². The number of hydrogen-bond donors (Lipinski definition) is 2. The molecule has 1 rings (SSSR count). The van der Waals surface area contributed by atoms with Crippen LogP contribution in [0.3, 0.4) is 0 Å². The average molecular weight is 335 g/mol. The number of nitrogens with zero attached hydrogens (tertiary/aromatic N) is 3. The van der Waals surface area contributed by atoms with E-state index in [0.29, 0.717) is 19.0 Å². The van der Waals surface area contributed by atoms with Crippen molar-refractivity contribution in [1.82, 2.24) is 15.1 Å². The van der Waals surface area contributed by atoms with Gasteiger partial charge in [-0.3, -0.25) is 4.68 Å². The van der Waals surface area contributed by atoms with Crippen molar-refractivity contribution < 1.29 is 0 Å². The van der Waals surface area contributed by atoms with Crippen molar-refractivity contribution in [2.45, 2.75) is 13.5 Å². The van der Waals surface area contributed by atoms with Gasteiger partial charge in [-0.05, 0) is 6.92 Å². The second kappa shape index (κ2) is 7.26. The summed E-state index contributed by atoms with van der Waals surface area (Å²) in [6, 6.07) is 0. The Bertz CT molecular complexity index is 369. The van der Waals surface area contributed by atoms with Crippen LogP contribution in [-0.2, 0) is 13.6 Å². The van der Waals surface area contributed by atoms with Crippen molar-refractivity contribution in [3.8, 4) is 0 Å². The smallest absolute Gasteiger partial charge is 0.189 e. The minimum Gasteiger partial charge on any atom is -0.370 e. The predicted octanol–water partition coefficient (Wildman–Crippen LogP) is 0.937. The Balaban J connectivity index is 0.00000225. The molecule has 0 saturated heterocycles. The van der Waals surface area contributed by atoms with Crippen LogP contribution in [0.1, 0.15) is 11.3 Å². The van der Waals surface area contributed by atoms with E-state index >= 15 is 0 Å². The number of guanidine groups is 1. The van der Waals surface area contributed by atoms with E-state index in [1.165, 1.54) is 0 Å². The van der Waals surface area contributed by atoms with Crippen molar-refractivity contribution in [3.63, 3.8) is 0 Å². The number of halogens is 1. The molecule has 90 valence electrons. The quantitative estimate of drug-likeness (QED) is 0.372. The molecule has 16 heavy (non-hydrogen) atoms. The lowest BCUT2D eigenvalue weighted by atomic mass is 10.3. The van der Waals surface area contributed by atoms with Crippen LogP contribution in [0.2, 0.25) is 0 Å². The average Bonchev–Trinajstić information content (AvgIpc) is 2.54. The molecule has 0 amide bonds. The van der Waals surface area contributed by atoms with Gasteiger partial charge in [0.1, 0.15) is 0 Å². The van der Waals surface area contributed by atoms with Crippen LogP contribution in [0.25, 0.3) is 0 Å². The molecule has 6 heteroatoms. The Morgan fingerprint density at radius 1 is 1.75 bits per heavy atom. The number of rotatable bonds is 4. The fourth-order valence-electron chi connectivity index (χ4n) is 1.10.